The van der Waals surface area contributed by atoms with Crippen molar-refractivity contribution >= 4 is 17.2 Å². The zero-order valence-electron chi connectivity index (χ0n) is 11.8. The van der Waals surface area contributed by atoms with E-state index >= 15 is 0 Å². The molecule has 0 saturated carbocycles. The van der Waals surface area contributed by atoms with E-state index in [1.807, 2.05) is 22.3 Å². The summed E-state index contributed by atoms with van der Waals surface area (Å²) in [5.41, 5.74) is 0. The molecule has 2 bridgehead atoms. The summed E-state index contributed by atoms with van der Waals surface area (Å²) < 4.78 is 0. The fourth-order valence-electron chi connectivity index (χ4n) is 3.81. The lowest BCUT2D eigenvalue weighted by atomic mass is 9.97. The van der Waals surface area contributed by atoms with Crippen LogP contribution < -0.4 is 0 Å². The summed E-state index contributed by atoms with van der Waals surface area (Å²) in [5.74, 6) is 0.289. The van der Waals surface area contributed by atoms with Crippen LogP contribution in [-0.2, 0) is 11.2 Å². The Morgan fingerprint density at radius 2 is 1.90 bits per heavy atom. The van der Waals surface area contributed by atoms with E-state index in [-0.39, 0.29) is 5.91 Å². The van der Waals surface area contributed by atoms with Crippen LogP contribution in [0.25, 0.3) is 0 Å². The van der Waals surface area contributed by atoms with Gasteiger partial charge in [-0.1, -0.05) is 6.07 Å². The number of hydrogen-bond donors (Lipinski definition) is 0. The Hall–Kier alpha value is -1.69. The molecule has 2 unspecified atom stereocenters. The summed E-state index contributed by atoms with van der Waals surface area (Å²) in [7, 11) is 0. The van der Waals surface area contributed by atoms with Crippen molar-refractivity contribution in [2.75, 3.05) is 0 Å². The van der Waals surface area contributed by atoms with Crippen LogP contribution in [0.1, 0.15) is 36.6 Å². The lowest BCUT2D eigenvalue weighted by Crippen LogP contribution is -2.47. The minimum Gasteiger partial charge on any atom is -0.336 e. The quantitative estimate of drug-likeness (QED) is 0.874. The first kappa shape index (κ1) is 13.0. The summed E-state index contributed by atoms with van der Waals surface area (Å²) in [6, 6.07) is 5.14. The van der Waals surface area contributed by atoms with Crippen molar-refractivity contribution in [3.05, 3.63) is 34.8 Å². The number of thiophene rings is 1. The normalized spacial score (nSPS) is 28.0. The SMILES string of the molecule is O=C(Cc1cccs1)N1C2CCC1CC(n1nccn1)C2. The molecule has 2 aliphatic rings. The molecule has 2 atom stereocenters. The van der Waals surface area contributed by atoms with Gasteiger partial charge in [-0.05, 0) is 37.1 Å². The number of fused-ring (bicyclic) bond motifs is 2. The highest BCUT2D eigenvalue weighted by Crippen LogP contribution is 2.40. The lowest BCUT2D eigenvalue weighted by Gasteiger charge is -2.38. The minimum atomic E-state index is 0.289. The van der Waals surface area contributed by atoms with Crippen molar-refractivity contribution in [2.24, 2.45) is 0 Å². The fourth-order valence-corrected chi connectivity index (χ4v) is 4.51. The van der Waals surface area contributed by atoms with E-state index < -0.39 is 0 Å². The molecular formula is C15H18N4OS. The Balaban J connectivity index is 1.48. The highest BCUT2D eigenvalue weighted by atomic mass is 32.1. The number of rotatable bonds is 3. The average molecular weight is 302 g/mol. The zero-order valence-corrected chi connectivity index (χ0v) is 12.6. The minimum absolute atomic E-state index is 0.289. The Morgan fingerprint density at radius 1 is 1.19 bits per heavy atom. The molecule has 2 saturated heterocycles. The predicted molar refractivity (Wildman–Crippen MR) is 80.0 cm³/mol. The molecule has 0 radical (unpaired) electrons. The fraction of sp³-hybridized carbons (Fsp3) is 0.533. The maximum Gasteiger partial charge on any atom is 0.228 e. The van der Waals surface area contributed by atoms with Gasteiger partial charge in [-0.3, -0.25) is 4.79 Å². The average Bonchev–Trinajstić information content (AvgIpc) is 3.20. The van der Waals surface area contributed by atoms with E-state index in [9.17, 15) is 4.79 Å². The van der Waals surface area contributed by atoms with E-state index in [2.05, 4.69) is 15.1 Å². The van der Waals surface area contributed by atoms with Crippen molar-refractivity contribution in [2.45, 2.75) is 50.2 Å². The second-order valence-corrected chi connectivity index (χ2v) is 6.95. The number of piperidine rings is 1. The zero-order chi connectivity index (χ0) is 14.2. The van der Waals surface area contributed by atoms with Gasteiger partial charge in [-0.15, -0.1) is 11.3 Å². The van der Waals surface area contributed by atoms with E-state index in [1.54, 1.807) is 23.7 Å². The highest BCUT2D eigenvalue weighted by molar-refractivity contribution is 7.10. The molecule has 4 rings (SSSR count). The molecule has 21 heavy (non-hydrogen) atoms. The Bertz CT molecular complexity index is 596. The molecule has 0 aromatic carbocycles. The third-order valence-corrected chi connectivity index (χ3v) is 5.54. The largest absolute Gasteiger partial charge is 0.336 e. The second-order valence-electron chi connectivity index (χ2n) is 5.92. The predicted octanol–water partition coefficient (Wildman–Crippen LogP) is 2.28. The molecule has 2 fully saturated rings. The number of aromatic nitrogens is 3. The van der Waals surface area contributed by atoms with Crippen LogP contribution in [0.15, 0.2) is 29.9 Å². The van der Waals surface area contributed by atoms with Gasteiger partial charge in [0.15, 0.2) is 0 Å². The van der Waals surface area contributed by atoms with Crippen LogP contribution in [0.3, 0.4) is 0 Å². The second kappa shape index (κ2) is 5.26. The van der Waals surface area contributed by atoms with Crippen LogP contribution >= 0.6 is 11.3 Å². The smallest absolute Gasteiger partial charge is 0.228 e. The van der Waals surface area contributed by atoms with Crippen LogP contribution in [-0.4, -0.2) is 37.9 Å². The van der Waals surface area contributed by atoms with Gasteiger partial charge in [-0.25, -0.2) is 0 Å². The Kier molecular flexibility index (Phi) is 3.25. The van der Waals surface area contributed by atoms with E-state index in [0.29, 0.717) is 24.5 Å². The number of carbonyl (C=O) groups excluding carboxylic acids is 1. The first-order chi connectivity index (χ1) is 10.3. The molecule has 4 heterocycles. The first-order valence-electron chi connectivity index (χ1n) is 7.50. The molecule has 2 aromatic rings. The van der Waals surface area contributed by atoms with Gasteiger partial charge in [-0.2, -0.15) is 15.0 Å². The van der Waals surface area contributed by atoms with Crippen LogP contribution in [0.2, 0.25) is 0 Å². The molecule has 6 heteroatoms. The molecule has 5 nitrogen and oxygen atoms in total. The third kappa shape index (κ3) is 2.37. The summed E-state index contributed by atoms with van der Waals surface area (Å²) in [4.78, 5) is 17.8. The Labute approximate surface area is 127 Å². The third-order valence-electron chi connectivity index (χ3n) is 4.66. The van der Waals surface area contributed by atoms with Crippen molar-refractivity contribution in [3.63, 3.8) is 0 Å². The van der Waals surface area contributed by atoms with Gasteiger partial charge in [0.1, 0.15) is 0 Å². The van der Waals surface area contributed by atoms with Crippen LogP contribution in [0.5, 0.6) is 0 Å². The van der Waals surface area contributed by atoms with Gasteiger partial charge in [0.25, 0.3) is 0 Å². The lowest BCUT2D eigenvalue weighted by molar-refractivity contribution is -0.135. The Morgan fingerprint density at radius 3 is 2.52 bits per heavy atom. The van der Waals surface area contributed by atoms with Gasteiger partial charge in [0.05, 0.1) is 24.9 Å². The highest BCUT2D eigenvalue weighted by Gasteiger charge is 2.43. The maximum absolute atomic E-state index is 12.6. The standard InChI is InChI=1S/C15H18N4OS/c20-15(10-14-2-1-7-21-14)18-11-3-4-12(18)9-13(8-11)19-16-5-6-17-19/h1-2,5-7,11-13H,3-4,8-10H2. The number of amides is 1. The monoisotopic (exact) mass is 302 g/mol. The number of nitrogens with zero attached hydrogens (tertiary/aromatic N) is 4. The van der Waals surface area contributed by atoms with Crippen molar-refractivity contribution in [1.29, 1.82) is 0 Å². The van der Waals surface area contributed by atoms with E-state index in [0.717, 1.165) is 30.6 Å². The molecule has 2 aromatic heterocycles. The van der Waals surface area contributed by atoms with Gasteiger partial charge in [0.2, 0.25) is 5.91 Å². The van der Waals surface area contributed by atoms with E-state index in [4.69, 9.17) is 0 Å². The van der Waals surface area contributed by atoms with Gasteiger partial charge in [0, 0.05) is 17.0 Å². The number of carbonyl (C=O) groups is 1. The first-order valence-corrected chi connectivity index (χ1v) is 8.38. The molecule has 0 N–H and O–H groups in total. The summed E-state index contributed by atoms with van der Waals surface area (Å²) in [5, 5.41) is 10.6. The summed E-state index contributed by atoms with van der Waals surface area (Å²) in [6.07, 6.45) is 8.24. The van der Waals surface area contributed by atoms with Crippen LogP contribution in [0.4, 0.5) is 0 Å². The molecule has 1 amide bonds. The maximum atomic E-state index is 12.6. The molecular weight excluding hydrogens is 284 g/mol. The molecule has 0 spiro atoms. The molecule has 110 valence electrons. The summed E-state index contributed by atoms with van der Waals surface area (Å²) >= 11 is 1.67. The molecule has 0 aliphatic carbocycles. The van der Waals surface area contributed by atoms with Gasteiger partial charge >= 0.3 is 0 Å². The van der Waals surface area contributed by atoms with E-state index in [1.165, 1.54) is 0 Å². The van der Waals surface area contributed by atoms with Gasteiger partial charge < -0.3 is 4.90 Å². The molecule has 2 aliphatic heterocycles. The summed E-state index contributed by atoms with van der Waals surface area (Å²) in [6.45, 7) is 0. The van der Waals surface area contributed by atoms with Crippen molar-refractivity contribution < 1.29 is 4.79 Å². The van der Waals surface area contributed by atoms with Crippen LogP contribution in [0, 0.1) is 0 Å². The van der Waals surface area contributed by atoms with Crippen molar-refractivity contribution in [1.82, 2.24) is 19.9 Å². The van der Waals surface area contributed by atoms with Crippen molar-refractivity contribution in [3.8, 4) is 0 Å². The number of hydrogen-bond acceptors (Lipinski definition) is 4. The topological polar surface area (TPSA) is 51.0 Å².